The van der Waals surface area contributed by atoms with Gasteiger partial charge in [-0.05, 0) is 30.7 Å². The summed E-state index contributed by atoms with van der Waals surface area (Å²) in [6.07, 6.45) is 3.75. The second kappa shape index (κ2) is 6.70. The van der Waals surface area contributed by atoms with Gasteiger partial charge in [-0.3, -0.25) is 4.79 Å². The molecule has 1 fully saturated rings. The zero-order valence-electron chi connectivity index (χ0n) is 13.3. The predicted octanol–water partition coefficient (Wildman–Crippen LogP) is 0.421. The molecule has 0 spiro atoms. The van der Waals surface area contributed by atoms with E-state index in [0.29, 0.717) is 25.1 Å². The Balaban J connectivity index is 1.69. The molecule has 1 aliphatic rings. The first-order valence-corrected chi connectivity index (χ1v) is 9.30. The van der Waals surface area contributed by atoms with Gasteiger partial charge >= 0.3 is 0 Å². The Morgan fingerprint density at radius 3 is 2.71 bits per heavy atom. The molecule has 1 aromatic carbocycles. The van der Waals surface area contributed by atoms with Gasteiger partial charge in [0.25, 0.3) is 5.91 Å². The largest absolute Gasteiger partial charge is 0.337 e. The van der Waals surface area contributed by atoms with Gasteiger partial charge < -0.3 is 4.90 Å². The van der Waals surface area contributed by atoms with E-state index in [0.717, 1.165) is 5.69 Å². The summed E-state index contributed by atoms with van der Waals surface area (Å²) in [5, 5.41) is 7.09. The summed E-state index contributed by atoms with van der Waals surface area (Å²) < 4.78 is 28.2. The Morgan fingerprint density at radius 2 is 2.08 bits per heavy atom. The van der Waals surface area contributed by atoms with E-state index in [1.807, 2.05) is 0 Å². The minimum absolute atomic E-state index is 0.158. The molecule has 128 valence electrons. The van der Waals surface area contributed by atoms with Crippen LogP contribution < -0.4 is 4.72 Å². The highest BCUT2D eigenvalue weighted by atomic mass is 32.2. The molecule has 1 saturated heterocycles. The Hall–Kier alpha value is -2.26. The van der Waals surface area contributed by atoms with Crippen LogP contribution in [0, 0.1) is 0 Å². The third kappa shape index (κ3) is 3.31. The van der Waals surface area contributed by atoms with Crippen LogP contribution in [0.25, 0.3) is 5.69 Å². The quantitative estimate of drug-likeness (QED) is 0.844. The van der Waals surface area contributed by atoms with Gasteiger partial charge in [0.1, 0.15) is 0 Å². The molecule has 1 unspecified atom stereocenters. The first-order chi connectivity index (χ1) is 11.5. The minimum atomic E-state index is -3.36. The first-order valence-electron chi connectivity index (χ1n) is 7.76. The summed E-state index contributed by atoms with van der Waals surface area (Å²) in [6, 6.07) is 6.99. The summed E-state index contributed by atoms with van der Waals surface area (Å²) >= 11 is 0. The molecule has 0 radical (unpaired) electrons. The number of benzene rings is 1. The Kier molecular flexibility index (Phi) is 4.63. The van der Waals surface area contributed by atoms with Crippen LogP contribution in [0.4, 0.5) is 0 Å². The van der Waals surface area contributed by atoms with Crippen LogP contribution in [0.2, 0.25) is 0 Å². The van der Waals surface area contributed by atoms with E-state index in [1.54, 1.807) is 53.2 Å². The lowest BCUT2D eigenvalue weighted by Crippen LogP contribution is -2.37. The van der Waals surface area contributed by atoms with Gasteiger partial charge in [0.2, 0.25) is 10.0 Å². The van der Waals surface area contributed by atoms with Crippen LogP contribution in [0.3, 0.4) is 0 Å². The van der Waals surface area contributed by atoms with Crippen molar-refractivity contribution in [2.24, 2.45) is 0 Å². The maximum atomic E-state index is 12.6. The van der Waals surface area contributed by atoms with Crippen molar-refractivity contribution >= 4 is 15.9 Å². The second-order valence-corrected chi connectivity index (χ2v) is 7.64. The van der Waals surface area contributed by atoms with Crippen molar-refractivity contribution in [1.82, 2.24) is 24.6 Å². The van der Waals surface area contributed by atoms with Gasteiger partial charge in [-0.1, -0.05) is 12.1 Å². The van der Waals surface area contributed by atoms with Gasteiger partial charge in [-0.15, -0.1) is 5.10 Å². The van der Waals surface area contributed by atoms with Crippen LogP contribution in [-0.4, -0.2) is 59.1 Å². The van der Waals surface area contributed by atoms with Crippen molar-refractivity contribution < 1.29 is 13.2 Å². The number of likely N-dealkylation sites (tertiary alicyclic amines) is 1. The van der Waals surface area contributed by atoms with Crippen LogP contribution in [0.1, 0.15) is 23.7 Å². The predicted molar refractivity (Wildman–Crippen MR) is 88.3 cm³/mol. The van der Waals surface area contributed by atoms with Crippen molar-refractivity contribution in [3.05, 3.63) is 42.2 Å². The number of hydrogen-bond acceptors (Lipinski definition) is 5. The van der Waals surface area contributed by atoms with Crippen LogP contribution in [0.15, 0.2) is 36.7 Å². The molecule has 1 aliphatic heterocycles. The molecular weight excluding hydrogens is 330 g/mol. The highest BCUT2D eigenvalue weighted by Crippen LogP contribution is 2.19. The second-order valence-electron chi connectivity index (χ2n) is 5.60. The van der Waals surface area contributed by atoms with Gasteiger partial charge in [-0.2, -0.15) is 0 Å². The molecule has 9 heteroatoms. The molecular formula is C15H19N5O3S. The summed E-state index contributed by atoms with van der Waals surface area (Å²) in [4.78, 5) is 14.1. The molecule has 2 heterocycles. The monoisotopic (exact) mass is 349 g/mol. The third-order valence-corrected chi connectivity index (χ3v) is 5.97. The molecule has 3 rings (SSSR count). The zero-order chi connectivity index (χ0) is 17.2. The van der Waals surface area contributed by atoms with E-state index in [9.17, 15) is 13.2 Å². The van der Waals surface area contributed by atoms with Gasteiger partial charge in [0.05, 0.1) is 23.3 Å². The summed E-state index contributed by atoms with van der Waals surface area (Å²) in [6.45, 7) is 2.76. The molecule has 8 nitrogen and oxygen atoms in total. The molecule has 0 saturated carbocycles. The normalized spacial score (nSPS) is 18.0. The first kappa shape index (κ1) is 16.6. The molecule has 1 atom stereocenters. The number of carbonyl (C=O) groups excluding carboxylic acids is 1. The van der Waals surface area contributed by atoms with Gasteiger partial charge in [-0.25, -0.2) is 17.8 Å². The molecule has 0 bridgehead atoms. The lowest BCUT2D eigenvalue weighted by molar-refractivity contribution is 0.0793. The molecule has 1 amide bonds. The van der Waals surface area contributed by atoms with Gasteiger partial charge in [0, 0.05) is 25.2 Å². The average Bonchev–Trinajstić information content (AvgIpc) is 3.26. The number of nitrogens with one attached hydrogen (secondary N) is 1. The summed E-state index contributed by atoms with van der Waals surface area (Å²) in [7, 11) is -3.36. The van der Waals surface area contributed by atoms with Crippen molar-refractivity contribution in [3.8, 4) is 5.69 Å². The van der Waals surface area contributed by atoms with E-state index in [2.05, 4.69) is 15.0 Å². The SMILES string of the molecule is CCNS(=O)(=O)C1CCN(C(=O)c2ccc(-n3ccnn3)cc2)C1. The molecule has 0 aliphatic carbocycles. The Labute approximate surface area is 140 Å². The number of sulfonamides is 1. The fraction of sp³-hybridized carbons (Fsp3) is 0.400. The van der Waals surface area contributed by atoms with Crippen LogP contribution in [-0.2, 0) is 10.0 Å². The van der Waals surface area contributed by atoms with Crippen LogP contribution >= 0.6 is 0 Å². The topological polar surface area (TPSA) is 97.2 Å². The number of rotatable bonds is 5. The highest BCUT2D eigenvalue weighted by Gasteiger charge is 2.34. The number of carbonyl (C=O) groups is 1. The van der Waals surface area contributed by atoms with E-state index in [-0.39, 0.29) is 12.5 Å². The molecule has 1 aromatic heterocycles. The van der Waals surface area contributed by atoms with E-state index < -0.39 is 15.3 Å². The smallest absolute Gasteiger partial charge is 0.253 e. The van der Waals surface area contributed by atoms with E-state index >= 15 is 0 Å². The lowest BCUT2D eigenvalue weighted by Gasteiger charge is -2.17. The maximum absolute atomic E-state index is 12.6. The lowest BCUT2D eigenvalue weighted by atomic mass is 10.2. The Morgan fingerprint density at radius 1 is 1.33 bits per heavy atom. The standard InChI is InChI=1S/C15H19N5O3S/c1-2-17-24(22,23)14-7-9-19(11-14)15(21)12-3-5-13(6-4-12)20-10-8-16-18-20/h3-6,8,10,14,17H,2,7,9,11H2,1H3. The molecule has 24 heavy (non-hydrogen) atoms. The minimum Gasteiger partial charge on any atom is -0.337 e. The number of hydrogen-bond donors (Lipinski definition) is 1. The summed E-state index contributed by atoms with van der Waals surface area (Å²) in [5.74, 6) is -0.158. The van der Waals surface area contributed by atoms with E-state index in [1.165, 1.54) is 0 Å². The number of nitrogens with zero attached hydrogens (tertiary/aromatic N) is 4. The fourth-order valence-electron chi connectivity index (χ4n) is 2.77. The van der Waals surface area contributed by atoms with E-state index in [4.69, 9.17) is 0 Å². The zero-order valence-corrected chi connectivity index (χ0v) is 14.1. The summed E-state index contributed by atoms with van der Waals surface area (Å²) in [5.41, 5.74) is 1.33. The van der Waals surface area contributed by atoms with Crippen molar-refractivity contribution in [1.29, 1.82) is 0 Å². The highest BCUT2D eigenvalue weighted by molar-refractivity contribution is 7.90. The third-order valence-electron chi connectivity index (χ3n) is 4.02. The molecule has 2 aromatic rings. The van der Waals surface area contributed by atoms with Crippen molar-refractivity contribution in [3.63, 3.8) is 0 Å². The fourth-order valence-corrected chi connectivity index (χ4v) is 4.20. The maximum Gasteiger partial charge on any atom is 0.253 e. The molecule has 1 N–H and O–H groups in total. The average molecular weight is 349 g/mol. The number of amides is 1. The van der Waals surface area contributed by atoms with Crippen molar-refractivity contribution in [2.75, 3.05) is 19.6 Å². The Bertz CT molecular complexity index is 802. The van der Waals surface area contributed by atoms with Crippen molar-refractivity contribution in [2.45, 2.75) is 18.6 Å². The van der Waals surface area contributed by atoms with Gasteiger partial charge in [0.15, 0.2) is 0 Å². The number of aromatic nitrogens is 3. The van der Waals surface area contributed by atoms with Crippen LogP contribution in [0.5, 0.6) is 0 Å².